The Bertz CT molecular complexity index is 281. The number of carbonyl (C=O) groups is 2. The number of rotatable bonds is 4. The molecule has 0 saturated heterocycles. The molecule has 0 heterocycles. The molecule has 0 atom stereocenters. The van der Waals surface area contributed by atoms with Gasteiger partial charge in [-0.05, 0) is 25.5 Å². The van der Waals surface area contributed by atoms with Crippen LogP contribution in [0.3, 0.4) is 0 Å². The van der Waals surface area contributed by atoms with E-state index < -0.39 is 5.41 Å². The first-order chi connectivity index (χ1) is 6.60. The minimum Gasteiger partial charge on any atom is -0.299 e. The summed E-state index contributed by atoms with van der Waals surface area (Å²) in [6, 6.07) is 0. The van der Waals surface area contributed by atoms with Crippen LogP contribution in [0.5, 0.6) is 0 Å². The first-order valence-corrected chi connectivity index (χ1v) is 5.04. The molecule has 76 valence electrons. The van der Waals surface area contributed by atoms with Crippen LogP contribution in [0, 0.1) is 5.41 Å². The second-order valence-electron chi connectivity index (χ2n) is 3.77. The Morgan fingerprint density at radius 1 is 1.36 bits per heavy atom. The van der Waals surface area contributed by atoms with E-state index in [0.717, 1.165) is 19.3 Å². The highest BCUT2D eigenvalue weighted by Crippen LogP contribution is 2.31. The summed E-state index contributed by atoms with van der Waals surface area (Å²) >= 11 is 0. The fourth-order valence-electron chi connectivity index (χ4n) is 1.62. The minimum atomic E-state index is -0.510. The molecule has 1 rings (SSSR count). The highest BCUT2D eigenvalue weighted by molar-refractivity contribution is 6.03. The van der Waals surface area contributed by atoms with Gasteiger partial charge in [0.05, 0.1) is 5.41 Å². The van der Waals surface area contributed by atoms with Crippen molar-refractivity contribution >= 4 is 11.6 Å². The number of allylic oxidation sites excluding steroid dienone is 4. The molecule has 0 fully saturated rings. The Morgan fingerprint density at radius 2 is 1.93 bits per heavy atom. The van der Waals surface area contributed by atoms with E-state index in [0.29, 0.717) is 0 Å². The largest absolute Gasteiger partial charge is 0.299 e. The second-order valence-corrected chi connectivity index (χ2v) is 3.77. The molecule has 0 aliphatic heterocycles. The van der Waals surface area contributed by atoms with Gasteiger partial charge in [0.15, 0.2) is 5.78 Å². The standard InChI is InChI=1S/C12H16O2/c1-3-4-7-12(10(2)13)8-5-11(14)6-9-12/h5-6,8-9H,3-4,7H2,1-2H3. The van der Waals surface area contributed by atoms with E-state index in [9.17, 15) is 9.59 Å². The molecule has 0 unspecified atom stereocenters. The predicted molar refractivity (Wildman–Crippen MR) is 55.9 cm³/mol. The van der Waals surface area contributed by atoms with E-state index >= 15 is 0 Å². The van der Waals surface area contributed by atoms with E-state index in [-0.39, 0.29) is 11.6 Å². The van der Waals surface area contributed by atoms with Gasteiger partial charge < -0.3 is 0 Å². The van der Waals surface area contributed by atoms with Gasteiger partial charge in [-0.2, -0.15) is 0 Å². The van der Waals surface area contributed by atoms with Crippen LogP contribution in [0.4, 0.5) is 0 Å². The van der Waals surface area contributed by atoms with Crippen molar-refractivity contribution in [1.82, 2.24) is 0 Å². The molecule has 0 aromatic carbocycles. The maximum atomic E-state index is 11.5. The maximum absolute atomic E-state index is 11.5. The first-order valence-electron chi connectivity index (χ1n) is 5.04. The number of unbranched alkanes of at least 4 members (excludes halogenated alkanes) is 1. The van der Waals surface area contributed by atoms with Crippen molar-refractivity contribution < 1.29 is 9.59 Å². The topological polar surface area (TPSA) is 34.1 Å². The lowest BCUT2D eigenvalue weighted by Gasteiger charge is -2.25. The molecule has 1 aliphatic rings. The van der Waals surface area contributed by atoms with Crippen LogP contribution in [-0.4, -0.2) is 11.6 Å². The number of Topliss-reactive ketones (excluding diaryl/α,β-unsaturated/α-hetero) is 1. The molecule has 0 aromatic heterocycles. The third-order valence-electron chi connectivity index (χ3n) is 2.69. The van der Waals surface area contributed by atoms with Crippen molar-refractivity contribution in [1.29, 1.82) is 0 Å². The number of hydrogen-bond acceptors (Lipinski definition) is 2. The van der Waals surface area contributed by atoms with E-state index in [1.54, 1.807) is 19.1 Å². The van der Waals surface area contributed by atoms with Crippen molar-refractivity contribution in [3.05, 3.63) is 24.3 Å². The van der Waals surface area contributed by atoms with Crippen molar-refractivity contribution in [2.24, 2.45) is 5.41 Å². The molecular formula is C12H16O2. The van der Waals surface area contributed by atoms with Crippen LogP contribution < -0.4 is 0 Å². The first kappa shape index (κ1) is 10.9. The van der Waals surface area contributed by atoms with Crippen LogP contribution in [0.25, 0.3) is 0 Å². The summed E-state index contributed by atoms with van der Waals surface area (Å²) in [5, 5.41) is 0. The van der Waals surface area contributed by atoms with E-state index in [1.807, 2.05) is 0 Å². The smallest absolute Gasteiger partial charge is 0.178 e. The summed E-state index contributed by atoms with van der Waals surface area (Å²) in [7, 11) is 0. The van der Waals surface area contributed by atoms with Crippen molar-refractivity contribution in [2.45, 2.75) is 33.1 Å². The van der Waals surface area contributed by atoms with Crippen molar-refractivity contribution in [3.63, 3.8) is 0 Å². The Morgan fingerprint density at radius 3 is 2.36 bits per heavy atom. The molecule has 0 saturated carbocycles. The highest BCUT2D eigenvalue weighted by atomic mass is 16.1. The van der Waals surface area contributed by atoms with E-state index in [4.69, 9.17) is 0 Å². The summed E-state index contributed by atoms with van der Waals surface area (Å²) < 4.78 is 0. The monoisotopic (exact) mass is 192 g/mol. The van der Waals surface area contributed by atoms with Gasteiger partial charge >= 0.3 is 0 Å². The van der Waals surface area contributed by atoms with Crippen LogP contribution in [0.1, 0.15) is 33.1 Å². The van der Waals surface area contributed by atoms with Crippen molar-refractivity contribution in [3.8, 4) is 0 Å². The average molecular weight is 192 g/mol. The van der Waals surface area contributed by atoms with Crippen LogP contribution in [0.2, 0.25) is 0 Å². The molecule has 1 aliphatic carbocycles. The normalized spacial score (nSPS) is 18.6. The van der Waals surface area contributed by atoms with Gasteiger partial charge in [0.25, 0.3) is 0 Å². The third-order valence-corrected chi connectivity index (χ3v) is 2.69. The summed E-state index contributed by atoms with van der Waals surface area (Å²) in [5.74, 6) is 0.0873. The fraction of sp³-hybridized carbons (Fsp3) is 0.500. The molecule has 2 nitrogen and oxygen atoms in total. The molecule has 0 N–H and O–H groups in total. The maximum Gasteiger partial charge on any atom is 0.178 e. The zero-order valence-electron chi connectivity index (χ0n) is 8.75. The molecule has 2 heteroatoms. The molecule has 14 heavy (non-hydrogen) atoms. The molecular weight excluding hydrogens is 176 g/mol. The lowest BCUT2D eigenvalue weighted by atomic mass is 9.76. The van der Waals surface area contributed by atoms with Crippen molar-refractivity contribution in [2.75, 3.05) is 0 Å². The third kappa shape index (κ3) is 2.19. The zero-order valence-corrected chi connectivity index (χ0v) is 8.75. The number of hydrogen-bond donors (Lipinski definition) is 0. The highest BCUT2D eigenvalue weighted by Gasteiger charge is 2.30. The van der Waals surface area contributed by atoms with Crippen LogP contribution in [0.15, 0.2) is 24.3 Å². The fourth-order valence-corrected chi connectivity index (χ4v) is 1.62. The second kappa shape index (κ2) is 4.36. The Labute approximate surface area is 84.7 Å². The molecule has 0 amide bonds. The summed E-state index contributed by atoms with van der Waals surface area (Å²) in [6.07, 6.45) is 9.35. The lowest BCUT2D eigenvalue weighted by Crippen LogP contribution is -2.26. The quantitative estimate of drug-likeness (QED) is 0.685. The number of carbonyl (C=O) groups excluding carboxylic acids is 2. The Kier molecular flexibility index (Phi) is 3.39. The summed E-state index contributed by atoms with van der Waals surface area (Å²) in [6.45, 7) is 3.68. The molecule has 0 spiro atoms. The minimum absolute atomic E-state index is 0.0293. The van der Waals surface area contributed by atoms with Gasteiger partial charge in [-0.1, -0.05) is 31.9 Å². The van der Waals surface area contributed by atoms with Gasteiger partial charge in [0, 0.05) is 0 Å². The lowest BCUT2D eigenvalue weighted by molar-refractivity contribution is -0.122. The van der Waals surface area contributed by atoms with Gasteiger partial charge in [0.2, 0.25) is 0 Å². The zero-order chi connectivity index (χ0) is 10.6. The van der Waals surface area contributed by atoms with Gasteiger partial charge in [0.1, 0.15) is 5.78 Å². The molecule has 0 aromatic rings. The van der Waals surface area contributed by atoms with Crippen LogP contribution in [-0.2, 0) is 9.59 Å². The van der Waals surface area contributed by atoms with E-state index in [2.05, 4.69) is 6.92 Å². The molecule has 0 radical (unpaired) electrons. The average Bonchev–Trinajstić information content (AvgIpc) is 2.17. The number of ketones is 2. The Hall–Kier alpha value is -1.18. The van der Waals surface area contributed by atoms with E-state index in [1.165, 1.54) is 12.2 Å². The summed E-state index contributed by atoms with van der Waals surface area (Å²) in [5.41, 5.74) is -0.510. The van der Waals surface area contributed by atoms with Crippen LogP contribution >= 0.6 is 0 Å². The predicted octanol–water partition coefficient (Wildman–Crippen LogP) is 2.45. The van der Waals surface area contributed by atoms with Gasteiger partial charge in [-0.25, -0.2) is 0 Å². The Balaban J connectivity index is 2.84. The summed E-state index contributed by atoms with van der Waals surface area (Å²) in [4.78, 5) is 22.5. The molecule has 0 bridgehead atoms. The SMILES string of the molecule is CCCCC1(C(C)=O)C=CC(=O)C=C1. The van der Waals surface area contributed by atoms with Gasteiger partial charge in [-0.15, -0.1) is 0 Å². The van der Waals surface area contributed by atoms with Gasteiger partial charge in [-0.3, -0.25) is 9.59 Å².